The Hall–Kier alpha value is -1.69. The molecule has 0 aromatic carbocycles. The fourth-order valence-corrected chi connectivity index (χ4v) is 1.19. The molecular weight excluding hydrogens is 210 g/mol. The van der Waals surface area contributed by atoms with Crippen LogP contribution in [0.3, 0.4) is 0 Å². The SMILES string of the molecule is COCC(C)N(C)c1nccc(C(=O)O)n1. The standard InChI is InChI=1S/C10H15N3O3/c1-7(6-16-3)13(2)10-11-5-4-8(12-10)9(14)15/h4-5,7H,6H2,1-3H3,(H,14,15). The molecule has 1 N–H and O–H groups in total. The van der Waals surface area contributed by atoms with Crippen LogP contribution in [0.4, 0.5) is 5.95 Å². The molecule has 1 unspecified atom stereocenters. The lowest BCUT2D eigenvalue weighted by Gasteiger charge is -2.24. The third-order valence-electron chi connectivity index (χ3n) is 2.25. The van der Waals surface area contributed by atoms with Crippen LogP contribution in [-0.4, -0.2) is 47.8 Å². The molecule has 1 atom stereocenters. The molecule has 6 nitrogen and oxygen atoms in total. The van der Waals surface area contributed by atoms with Crippen LogP contribution in [0, 0.1) is 0 Å². The summed E-state index contributed by atoms with van der Waals surface area (Å²) >= 11 is 0. The summed E-state index contributed by atoms with van der Waals surface area (Å²) in [6.07, 6.45) is 1.43. The number of hydrogen-bond donors (Lipinski definition) is 1. The van der Waals surface area contributed by atoms with Gasteiger partial charge >= 0.3 is 5.97 Å². The molecule has 0 saturated carbocycles. The van der Waals surface area contributed by atoms with E-state index < -0.39 is 5.97 Å². The molecule has 0 bridgehead atoms. The molecule has 0 aliphatic carbocycles. The minimum absolute atomic E-state index is 0.0125. The number of carboxylic acid groups (broad SMARTS) is 1. The first-order valence-corrected chi connectivity index (χ1v) is 4.84. The van der Waals surface area contributed by atoms with Crippen LogP contribution in [0.1, 0.15) is 17.4 Å². The fourth-order valence-electron chi connectivity index (χ4n) is 1.19. The van der Waals surface area contributed by atoms with Gasteiger partial charge in [-0.2, -0.15) is 0 Å². The smallest absolute Gasteiger partial charge is 0.354 e. The quantitative estimate of drug-likeness (QED) is 0.792. The summed E-state index contributed by atoms with van der Waals surface area (Å²) in [7, 11) is 3.41. The van der Waals surface area contributed by atoms with E-state index in [0.717, 1.165) is 0 Å². The van der Waals surface area contributed by atoms with Gasteiger partial charge in [-0.1, -0.05) is 0 Å². The first-order chi connectivity index (χ1) is 7.56. The Balaban J connectivity index is 2.86. The van der Waals surface area contributed by atoms with Crippen LogP contribution in [0.15, 0.2) is 12.3 Å². The second kappa shape index (κ2) is 5.41. The zero-order valence-electron chi connectivity index (χ0n) is 9.54. The molecule has 6 heteroatoms. The van der Waals surface area contributed by atoms with Gasteiger partial charge in [0.05, 0.1) is 12.6 Å². The van der Waals surface area contributed by atoms with E-state index in [-0.39, 0.29) is 11.7 Å². The van der Waals surface area contributed by atoms with Crippen molar-refractivity contribution in [2.24, 2.45) is 0 Å². The molecule has 1 heterocycles. The normalized spacial score (nSPS) is 12.2. The average Bonchev–Trinajstić information content (AvgIpc) is 2.28. The number of carbonyl (C=O) groups is 1. The summed E-state index contributed by atoms with van der Waals surface area (Å²) in [5.74, 6) is -0.680. The number of rotatable bonds is 5. The van der Waals surface area contributed by atoms with Crippen LogP contribution in [0.5, 0.6) is 0 Å². The van der Waals surface area contributed by atoms with Crippen molar-refractivity contribution in [3.8, 4) is 0 Å². The first-order valence-electron chi connectivity index (χ1n) is 4.84. The number of aromatic nitrogens is 2. The third kappa shape index (κ3) is 2.90. The number of methoxy groups -OCH3 is 1. The maximum absolute atomic E-state index is 10.7. The molecule has 0 amide bonds. The second-order valence-corrected chi connectivity index (χ2v) is 3.46. The van der Waals surface area contributed by atoms with E-state index >= 15 is 0 Å². The summed E-state index contributed by atoms with van der Waals surface area (Å²) < 4.78 is 5.01. The van der Waals surface area contributed by atoms with Gasteiger partial charge in [-0.3, -0.25) is 0 Å². The Bertz CT molecular complexity index is 370. The van der Waals surface area contributed by atoms with Crippen molar-refractivity contribution < 1.29 is 14.6 Å². The molecule has 0 spiro atoms. The monoisotopic (exact) mass is 225 g/mol. The van der Waals surface area contributed by atoms with E-state index in [1.807, 2.05) is 6.92 Å². The number of carboxylic acids is 1. The fraction of sp³-hybridized carbons (Fsp3) is 0.500. The second-order valence-electron chi connectivity index (χ2n) is 3.46. The lowest BCUT2D eigenvalue weighted by molar-refractivity contribution is 0.0690. The molecule has 0 radical (unpaired) electrons. The molecule has 0 saturated heterocycles. The van der Waals surface area contributed by atoms with Gasteiger partial charge in [-0.25, -0.2) is 14.8 Å². The molecule has 88 valence electrons. The Morgan fingerprint density at radius 2 is 2.38 bits per heavy atom. The number of aromatic carboxylic acids is 1. The average molecular weight is 225 g/mol. The molecule has 1 rings (SSSR count). The van der Waals surface area contributed by atoms with Gasteiger partial charge in [0.2, 0.25) is 5.95 Å². The summed E-state index contributed by atoms with van der Waals surface area (Å²) in [5.41, 5.74) is -0.0125. The Morgan fingerprint density at radius 3 is 2.94 bits per heavy atom. The highest BCUT2D eigenvalue weighted by Crippen LogP contribution is 2.09. The molecule has 1 aromatic heterocycles. The van der Waals surface area contributed by atoms with E-state index in [0.29, 0.717) is 12.6 Å². The number of nitrogens with zero attached hydrogens (tertiary/aromatic N) is 3. The van der Waals surface area contributed by atoms with Crippen molar-refractivity contribution in [3.05, 3.63) is 18.0 Å². The van der Waals surface area contributed by atoms with Gasteiger partial charge in [-0.15, -0.1) is 0 Å². The van der Waals surface area contributed by atoms with Crippen molar-refractivity contribution >= 4 is 11.9 Å². The van der Waals surface area contributed by atoms with Crippen molar-refractivity contribution in [2.45, 2.75) is 13.0 Å². The zero-order chi connectivity index (χ0) is 12.1. The Morgan fingerprint density at radius 1 is 1.69 bits per heavy atom. The molecule has 16 heavy (non-hydrogen) atoms. The predicted octanol–water partition coefficient (Wildman–Crippen LogP) is 0.646. The number of likely N-dealkylation sites (N-methyl/N-ethyl adjacent to an activating group) is 1. The molecule has 1 aromatic rings. The van der Waals surface area contributed by atoms with E-state index in [2.05, 4.69) is 9.97 Å². The Labute approximate surface area is 93.9 Å². The number of ether oxygens (including phenoxy) is 1. The number of anilines is 1. The van der Waals surface area contributed by atoms with E-state index in [1.54, 1.807) is 19.1 Å². The summed E-state index contributed by atoms with van der Waals surface area (Å²) in [4.78, 5) is 20.5. The van der Waals surface area contributed by atoms with Crippen molar-refractivity contribution in [1.29, 1.82) is 0 Å². The maximum Gasteiger partial charge on any atom is 0.354 e. The highest BCUT2D eigenvalue weighted by atomic mass is 16.5. The summed E-state index contributed by atoms with van der Waals surface area (Å²) in [5, 5.41) is 8.80. The van der Waals surface area contributed by atoms with Crippen molar-refractivity contribution in [2.75, 3.05) is 25.7 Å². The van der Waals surface area contributed by atoms with Crippen LogP contribution in [-0.2, 0) is 4.74 Å². The van der Waals surface area contributed by atoms with Gasteiger partial charge in [0, 0.05) is 20.4 Å². The lowest BCUT2D eigenvalue weighted by Crippen LogP contribution is -2.34. The predicted molar refractivity (Wildman–Crippen MR) is 58.7 cm³/mol. The third-order valence-corrected chi connectivity index (χ3v) is 2.25. The minimum Gasteiger partial charge on any atom is -0.477 e. The minimum atomic E-state index is -1.06. The summed E-state index contributed by atoms with van der Waals surface area (Å²) in [6.45, 7) is 2.47. The van der Waals surface area contributed by atoms with Crippen LogP contribution in [0.2, 0.25) is 0 Å². The van der Waals surface area contributed by atoms with Crippen LogP contribution < -0.4 is 4.90 Å². The molecule has 0 aliphatic heterocycles. The van der Waals surface area contributed by atoms with Gasteiger partial charge < -0.3 is 14.7 Å². The van der Waals surface area contributed by atoms with E-state index in [4.69, 9.17) is 9.84 Å². The van der Waals surface area contributed by atoms with Gasteiger partial charge in [0.15, 0.2) is 5.69 Å². The maximum atomic E-state index is 10.7. The molecular formula is C10H15N3O3. The molecule has 0 fully saturated rings. The largest absolute Gasteiger partial charge is 0.477 e. The van der Waals surface area contributed by atoms with E-state index in [9.17, 15) is 4.79 Å². The number of hydrogen-bond acceptors (Lipinski definition) is 5. The van der Waals surface area contributed by atoms with Gasteiger partial charge in [0.1, 0.15) is 0 Å². The van der Waals surface area contributed by atoms with Crippen LogP contribution >= 0.6 is 0 Å². The van der Waals surface area contributed by atoms with E-state index in [1.165, 1.54) is 12.3 Å². The lowest BCUT2D eigenvalue weighted by atomic mass is 10.3. The Kier molecular flexibility index (Phi) is 4.19. The highest BCUT2D eigenvalue weighted by molar-refractivity contribution is 5.85. The van der Waals surface area contributed by atoms with Gasteiger partial charge in [0.25, 0.3) is 0 Å². The van der Waals surface area contributed by atoms with Crippen LogP contribution in [0.25, 0.3) is 0 Å². The topological polar surface area (TPSA) is 75.5 Å². The molecule has 0 aliphatic rings. The summed E-state index contributed by atoms with van der Waals surface area (Å²) in [6, 6.07) is 1.44. The van der Waals surface area contributed by atoms with Crippen molar-refractivity contribution in [3.63, 3.8) is 0 Å². The van der Waals surface area contributed by atoms with Crippen molar-refractivity contribution in [1.82, 2.24) is 9.97 Å². The van der Waals surface area contributed by atoms with Gasteiger partial charge in [-0.05, 0) is 13.0 Å². The highest BCUT2D eigenvalue weighted by Gasteiger charge is 2.14. The zero-order valence-corrected chi connectivity index (χ0v) is 9.54. The first kappa shape index (κ1) is 12.4.